The lowest BCUT2D eigenvalue weighted by Gasteiger charge is -2.23. The molecule has 1 aliphatic heterocycles. The third-order valence-corrected chi connectivity index (χ3v) is 5.18. The fraction of sp³-hybridized carbons (Fsp3) is 0.200. The van der Waals surface area contributed by atoms with E-state index in [2.05, 4.69) is 4.98 Å². The van der Waals surface area contributed by atoms with Crippen molar-refractivity contribution in [1.82, 2.24) is 4.98 Å². The zero-order valence-corrected chi connectivity index (χ0v) is 15.4. The molecule has 6 heteroatoms. The van der Waals surface area contributed by atoms with Crippen molar-refractivity contribution in [2.24, 2.45) is 0 Å². The average molecular weight is 365 g/mol. The van der Waals surface area contributed by atoms with E-state index in [-0.39, 0.29) is 24.2 Å². The second kappa shape index (κ2) is 6.46. The van der Waals surface area contributed by atoms with Crippen LogP contribution in [0.2, 0.25) is 0 Å². The van der Waals surface area contributed by atoms with Crippen LogP contribution in [0.1, 0.15) is 18.9 Å². The number of aliphatic hydroxyl groups excluding tert-OH is 1. The van der Waals surface area contributed by atoms with Gasteiger partial charge in [-0.25, -0.2) is 4.98 Å². The molecule has 132 valence electrons. The summed E-state index contributed by atoms with van der Waals surface area (Å²) in [5.41, 5.74) is 2.14. The molecule has 2 N–H and O–H groups in total. The third kappa shape index (κ3) is 2.82. The summed E-state index contributed by atoms with van der Waals surface area (Å²) in [6, 6.07) is 15.4. The Hall–Kier alpha value is -2.86. The number of anilines is 1. The van der Waals surface area contributed by atoms with Gasteiger partial charge in [0.1, 0.15) is 22.4 Å². The average Bonchev–Trinajstić information content (AvgIpc) is 3.15. The maximum atomic E-state index is 10.6. The second-order valence-corrected chi connectivity index (χ2v) is 7.41. The van der Waals surface area contributed by atoms with E-state index in [1.54, 1.807) is 4.90 Å². The molecular weight excluding hydrogens is 346 g/mol. The molecule has 1 aliphatic rings. The highest BCUT2D eigenvalue weighted by Gasteiger charge is 2.32. The van der Waals surface area contributed by atoms with Crippen LogP contribution in [-0.4, -0.2) is 28.6 Å². The minimum Gasteiger partial charge on any atom is -0.510 e. The van der Waals surface area contributed by atoms with Crippen LogP contribution in [0.25, 0.3) is 15.8 Å². The van der Waals surface area contributed by atoms with Gasteiger partial charge in [0.15, 0.2) is 0 Å². The number of aliphatic hydroxyl groups is 1. The predicted molar refractivity (Wildman–Crippen MR) is 106 cm³/mol. The van der Waals surface area contributed by atoms with Crippen LogP contribution < -0.4 is 9.64 Å². The van der Waals surface area contributed by atoms with Crippen LogP contribution >= 0.6 is 11.3 Å². The molecule has 1 aromatic heterocycles. The van der Waals surface area contributed by atoms with Crippen molar-refractivity contribution < 1.29 is 9.84 Å². The number of fused-ring (bicyclic) bond motifs is 1. The number of aromatic nitrogens is 1. The molecule has 26 heavy (non-hydrogen) atoms. The number of ether oxygens (including phenoxy) is 1. The molecule has 0 atom stereocenters. The van der Waals surface area contributed by atoms with Gasteiger partial charge in [-0.05, 0) is 38.1 Å². The Kier molecular flexibility index (Phi) is 4.12. The molecule has 0 fully saturated rings. The zero-order valence-electron chi connectivity index (χ0n) is 14.6. The fourth-order valence-electron chi connectivity index (χ4n) is 3.02. The molecule has 2 heterocycles. The van der Waals surface area contributed by atoms with Crippen molar-refractivity contribution in [2.75, 3.05) is 11.4 Å². The molecule has 0 saturated carbocycles. The number of benzene rings is 2. The molecule has 0 saturated heterocycles. The molecule has 0 radical (unpaired) electrons. The van der Waals surface area contributed by atoms with Gasteiger partial charge in [-0.3, -0.25) is 5.41 Å². The van der Waals surface area contributed by atoms with Crippen LogP contribution in [0, 0.1) is 5.41 Å². The maximum absolute atomic E-state index is 10.6. The molecule has 3 aromatic rings. The van der Waals surface area contributed by atoms with E-state index in [9.17, 15) is 5.11 Å². The molecule has 0 unspecified atom stereocenters. The van der Waals surface area contributed by atoms with Gasteiger partial charge in [-0.2, -0.15) is 0 Å². The van der Waals surface area contributed by atoms with E-state index in [0.29, 0.717) is 16.3 Å². The number of thiazole rings is 1. The van der Waals surface area contributed by atoms with Crippen LogP contribution in [0.15, 0.2) is 54.3 Å². The molecule has 0 aliphatic carbocycles. The summed E-state index contributed by atoms with van der Waals surface area (Å²) in [6.07, 6.45) is 0.0261. The fourth-order valence-corrected chi connectivity index (χ4v) is 4.06. The number of nitrogens with zero attached hydrogens (tertiary/aromatic N) is 2. The van der Waals surface area contributed by atoms with Crippen molar-refractivity contribution >= 4 is 38.6 Å². The Labute approximate surface area is 155 Å². The number of amidine groups is 1. The zero-order chi connectivity index (χ0) is 18.3. The minimum absolute atomic E-state index is 0.0261. The monoisotopic (exact) mass is 365 g/mol. The van der Waals surface area contributed by atoms with Gasteiger partial charge in [0.25, 0.3) is 0 Å². The van der Waals surface area contributed by atoms with E-state index < -0.39 is 0 Å². The first kappa shape index (κ1) is 16.6. The maximum Gasteiger partial charge on any atom is 0.143 e. The van der Waals surface area contributed by atoms with Gasteiger partial charge in [0.05, 0.1) is 34.1 Å². The minimum atomic E-state index is 0.0261. The van der Waals surface area contributed by atoms with Gasteiger partial charge in [0, 0.05) is 0 Å². The number of hydrogen-bond acceptors (Lipinski definition) is 5. The lowest BCUT2D eigenvalue weighted by molar-refractivity contribution is 0.243. The number of para-hydroxylation sites is 3. The quantitative estimate of drug-likeness (QED) is 0.693. The Morgan fingerprint density at radius 2 is 1.88 bits per heavy atom. The van der Waals surface area contributed by atoms with Crippen molar-refractivity contribution in [3.63, 3.8) is 0 Å². The van der Waals surface area contributed by atoms with E-state index in [1.165, 1.54) is 11.3 Å². The van der Waals surface area contributed by atoms with Crippen LogP contribution in [0.4, 0.5) is 5.69 Å². The van der Waals surface area contributed by atoms with E-state index in [0.717, 1.165) is 15.9 Å². The highest BCUT2D eigenvalue weighted by atomic mass is 32.1. The Balaban J connectivity index is 1.71. The molecule has 0 amide bonds. The summed E-state index contributed by atoms with van der Waals surface area (Å²) in [4.78, 5) is 6.35. The van der Waals surface area contributed by atoms with E-state index >= 15 is 0 Å². The van der Waals surface area contributed by atoms with Crippen molar-refractivity contribution in [1.29, 1.82) is 5.41 Å². The molecule has 2 aromatic carbocycles. The summed E-state index contributed by atoms with van der Waals surface area (Å²) in [7, 11) is 0. The van der Waals surface area contributed by atoms with Gasteiger partial charge in [-0.1, -0.05) is 24.3 Å². The summed E-state index contributed by atoms with van der Waals surface area (Å²) in [5.74, 6) is 1.10. The topological polar surface area (TPSA) is 69.4 Å². The van der Waals surface area contributed by atoms with Crippen LogP contribution in [0.5, 0.6) is 5.75 Å². The number of hydrogen-bond donors (Lipinski definition) is 2. The Morgan fingerprint density at radius 3 is 2.65 bits per heavy atom. The standard InChI is InChI=1S/C20H19N3O2S/c1-12(2)25-16-9-5-4-8-14(16)23-11-15(24)18(19(23)21)20-22-13-7-3-6-10-17(13)26-20/h3-10,12,21,24H,11H2,1-2H3. The lowest BCUT2D eigenvalue weighted by Crippen LogP contribution is -2.27. The molecule has 0 bridgehead atoms. The number of nitrogens with one attached hydrogen (secondary N) is 1. The van der Waals surface area contributed by atoms with Crippen LogP contribution in [-0.2, 0) is 0 Å². The Bertz CT molecular complexity index is 990. The first-order valence-electron chi connectivity index (χ1n) is 8.45. The van der Waals surface area contributed by atoms with Crippen molar-refractivity contribution in [3.8, 4) is 5.75 Å². The van der Waals surface area contributed by atoms with Gasteiger partial charge in [0.2, 0.25) is 0 Å². The smallest absolute Gasteiger partial charge is 0.143 e. The van der Waals surface area contributed by atoms with E-state index in [1.807, 2.05) is 62.4 Å². The first-order chi connectivity index (χ1) is 12.5. The highest BCUT2D eigenvalue weighted by Crippen LogP contribution is 2.38. The largest absolute Gasteiger partial charge is 0.510 e. The summed E-state index contributed by atoms with van der Waals surface area (Å²) >= 11 is 1.49. The van der Waals surface area contributed by atoms with E-state index in [4.69, 9.17) is 10.1 Å². The van der Waals surface area contributed by atoms with Gasteiger partial charge >= 0.3 is 0 Å². The van der Waals surface area contributed by atoms with Gasteiger partial charge in [-0.15, -0.1) is 11.3 Å². The lowest BCUT2D eigenvalue weighted by atomic mass is 10.2. The predicted octanol–water partition coefficient (Wildman–Crippen LogP) is 4.85. The summed E-state index contributed by atoms with van der Waals surface area (Å²) in [5, 5.41) is 19.9. The highest BCUT2D eigenvalue weighted by molar-refractivity contribution is 7.19. The van der Waals surface area contributed by atoms with Gasteiger partial charge < -0.3 is 14.7 Å². The van der Waals surface area contributed by atoms with Crippen molar-refractivity contribution in [2.45, 2.75) is 20.0 Å². The molecular formula is C20H19N3O2S. The summed E-state index contributed by atoms with van der Waals surface area (Å²) < 4.78 is 6.92. The Morgan fingerprint density at radius 1 is 1.15 bits per heavy atom. The molecule has 0 spiro atoms. The molecule has 5 nitrogen and oxygen atoms in total. The number of rotatable bonds is 4. The SMILES string of the molecule is CC(C)Oc1ccccc1N1CC(O)=C(c2nc3ccccc3s2)C1=N. The normalized spacial score (nSPS) is 14.7. The molecule has 4 rings (SSSR count). The van der Waals surface area contributed by atoms with Crippen LogP contribution in [0.3, 0.4) is 0 Å². The van der Waals surface area contributed by atoms with Crippen molar-refractivity contribution in [3.05, 3.63) is 59.3 Å². The summed E-state index contributed by atoms with van der Waals surface area (Å²) in [6.45, 7) is 4.17. The third-order valence-electron chi connectivity index (χ3n) is 4.13. The second-order valence-electron chi connectivity index (χ2n) is 6.38. The first-order valence-corrected chi connectivity index (χ1v) is 9.26.